The number of esters is 1. The molecule has 0 rings (SSSR count). The van der Waals surface area contributed by atoms with Crippen LogP contribution in [0.1, 0.15) is 96.8 Å². The molecule has 0 aliphatic rings. The van der Waals surface area contributed by atoms with Gasteiger partial charge < -0.3 is 9.84 Å². The Bertz CT molecular complexity index is 327. The number of hydrogen-bond donors (Lipinski definition) is 1. The third-order valence-electron chi connectivity index (χ3n) is 4.86. The largest absolute Gasteiger partial charge is 0.459 e. The molecule has 0 aliphatic heterocycles. The lowest BCUT2D eigenvalue weighted by Gasteiger charge is -2.22. The smallest absolute Gasteiger partial charge is 0.306 e. The number of unbranched alkanes of at least 4 members (excludes halogenated alkanes) is 12. The number of carbonyl (C=O) groups excluding carboxylic acids is 1. The van der Waals surface area contributed by atoms with E-state index in [1.54, 1.807) is 23.5 Å². The third-order valence-corrected chi connectivity index (χ3v) is 6.20. The number of hydrogen-bond acceptors (Lipinski definition) is 5. The van der Waals surface area contributed by atoms with Crippen molar-refractivity contribution in [2.24, 2.45) is 0 Å². The average Bonchev–Trinajstić information content (AvgIpc) is 2.65. The molecular weight excluding hydrogens is 376 g/mol. The van der Waals surface area contributed by atoms with Gasteiger partial charge in [-0.2, -0.15) is 23.5 Å². The first kappa shape index (κ1) is 27.1. The fourth-order valence-corrected chi connectivity index (χ4v) is 4.36. The first-order chi connectivity index (χ1) is 13.2. The molecule has 0 bridgehead atoms. The number of aliphatic hydroxyl groups excluding tert-OH is 1. The van der Waals surface area contributed by atoms with Crippen molar-refractivity contribution in [2.75, 3.05) is 24.0 Å². The molecule has 0 aliphatic carbocycles. The lowest BCUT2D eigenvalue weighted by Crippen LogP contribution is -2.35. The van der Waals surface area contributed by atoms with Crippen LogP contribution in [0.2, 0.25) is 0 Å². The first-order valence-electron chi connectivity index (χ1n) is 11.0. The molecule has 2 unspecified atom stereocenters. The van der Waals surface area contributed by atoms with Crippen molar-refractivity contribution >= 4 is 29.5 Å². The van der Waals surface area contributed by atoms with Crippen LogP contribution in [0, 0.1) is 0 Å². The van der Waals surface area contributed by atoms with E-state index in [2.05, 4.69) is 6.92 Å². The second kappa shape index (κ2) is 20.9. The van der Waals surface area contributed by atoms with Crippen molar-refractivity contribution < 1.29 is 14.6 Å². The summed E-state index contributed by atoms with van der Waals surface area (Å²) in [4.78, 5) is 12.0. The van der Waals surface area contributed by atoms with Crippen LogP contribution in [0.3, 0.4) is 0 Å². The summed E-state index contributed by atoms with van der Waals surface area (Å²) in [6.07, 6.45) is 20.4. The fraction of sp³-hybridized carbons (Fsp3) is 0.955. The highest BCUT2D eigenvalue weighted by atomic mass is 32.2. The second-order valence-electron chi connectivity index (χ2n) is 7.50. The van der Waals surface area contributed by atoms with Gasteiger partial charge in [-0.15, -0.1) is 0 Å². The molecule has 0 heterocycles. The zero-order valence-corrected chi connectivity index (χ0v) is 19.7. The molecule has 0 saturated heterocycles. The SMILES string of the molecule is CCCCCCCCCCCCCCCC(=O)OC(CSC)C(O)CSC. The molecule has 0 aromatic rings. The average molecular weight is 421 g/mol. The minimum Gasteiger partial charge on any atom is -0.459 e. The van der Waals surface area contributed by atoms with Crippen molar-refractivity contribution in [3.05, 3.63) is 0 Å². The number of rotatable bonds is 20. The van der Waals surface area contributed by atoms with Crippen molar-refractivity contribution in [1.29, 1.82) is 0 Å². The normalized spacial score (nSPS) is 13.5. The summed E-state index contributed by atoms with van der Waals surface area (Å²) in [7, 11) is 0. The molecule has 1 N–H and O–H groups in total. The Morgan fingerprint density at radius 3 is 1.67 bits per heavy atom. The quantitative estimate of drug-likeness (QED) is 0.181. The molecule has 0 saturated carbocycles. The maximum atomic E-state index is 12.0. The van der Waals surface area contributed by atoms with Crippen molar-refractivity contribution in [3.63, 3.8) is 0 Å². The van der Waals surface area contributed by atoms with E-state index in [4.69, 9.17) is 4.74 Å². The molecule has 3 nitrogen and oxygen atoms in total. The van der Waals surface area contributed by atoms with Crippen LogP contribution >= 0.6 is 23.5 Å². The van der Waals surface area contributed by atoms with E-state index in [9.17, 15) is 9.90 Å². The summed E-state index contributed by atoms with van der Waals surface area (Å²) in [5.74, 6) is 1.11. The zero-order chi connectivity index (χ0) is 20.2. The van der Waals surface area contributed by atoms with Gasteiger partial charge in [-0.05, 0) is 18.9 Å². The van der Waals surface area contributed by atoms with E-state index in [0.717, 1.165) is 12.8 Å². The Morgan fingerprint density at radius 2 is 1.22 bits per heavy atom. The number of thioether (sulfide) groups is 2. The van der Waals surface area contributed by atoms with Gasteiger partial charge in [-0.1, -0.05) is 84.0 Å². The lowest BCUT2D eigenvalue weighted by atomic mass is 10.0. The van der Waals surface area contributed by atoms with Crippen LogP contribution in [-0.2, 0) is 9.53 Å². The molecule has 27 heavy (non-hydrogen) atoms. The van der Waals surface area contributed by atoms with Gasteiger partial charge in [0.1, 0.15) is 12.2 Å². The maximum absolute atomic E-state index is 12.0. The molecule has 5 heteroatoms. The summed E-state index contributed by atoms with van der Waals surface area (Å²) in [5.41, 5.74) is 0. The lowest BCUT2D eigenvalue weighted by molar-refractivity contribution is -0.152. The van der Waals surface area contributed by atoms with E-state index in [1.165, 1.54) is 70.6 Å². The monoisotopic (exact) mass is 420 g/mol. The molecule has 0 aromatic heterocycles. The molecule has 0 amide bonds. The van der Waals surface area contributed by atoms with Crippen LogP contribution in [0.25, 0.3) is 0 Å². The van der Waals surface area contributed by atoms with Crippen LogP contribution in [0.15, 0.2) is 0 Å². The van der Waals surface area contributed by atoms with E-state index < -0.39 is 6.10 Å². The standard InChI is InChI=1S/C22H44O3S2/c1-4-5-6-7-8-9-10-11-12-13-14-15-16-17-22(24)25-21(19-27-3)20(23)18-26-2/h20-21,23H,4-19H2,1-3H3. The Kier molecular flexibility index (Phi) is 21.0. The van der Waals surface area contributed by atoms with Gasteiger partial charge in [0.25, 0.3) is 0 Å². The van der Waals surface area contributed by atoms with Gasteiger partial charge >= 0.3 is 5.97 Å². The van der Waals surface area contributed by atoms with Crippen LogP contribution in [0.5, 0.6) is 0 Å². The van der Waals surface area contributed by atoms with Crippen molar-refractivity contribution in [2.45, 2.75) is 109 Å². The topological polar surface area (TPSA) is 46.5 Å². The highest BCUT2D eigenvalue weighted by molar-refractivity contribution is 7.98. The summed E-state index contributed by atoms with van der Waals surface area (Å²) in [5, 5.41) is 10.1. The van der Waals surface area contributed by atoms with Crippen LogP contribution in [0.4, 0.5) is 0 Å². The summed E-state index contributed by atoms with van der Waals surface area (Å²) >= 11 is 3.19. The molecular formula is C22H44O3S2. The Labute approximate surface area is 177 Å². The molecule has 2 atom stereocenters. The minimum absolute atomic E-state index is 0.155. The minimum atomic E-state index is -0.567. The van der Waals surface area contributed by atoms with Gasteiger partial charge in [-0.25, -0.2) is 0 Å². The predicted octanol–water partition coefficient (Wildman–Crippen LogP) is 6.47. The molecule has 0 radical (unpaired) electrons. The van der Waals surface area contributed by atoms with Gasteiger partial charge in [0.15, 0.2) is 0 Å². The Morgan fingerprint density at radius 1 is 0.778 bits per heavy atom. The van der Waals surface area contributed by atoms with Gasteiger partial charge in [-0.3, -0.25) is 4.79 Å². The van der Waals surface area contributed by atoms with Crippen LogP contribution < -0.4 is 0 Å². The number of aliphatic hydroxyl groups is 1. The molecule has 0 aromatic carbocycles. The highest BCUT2D eigenvalue weighted by Crippen LogP contribution is 2.15. The number of ether oxygens (including phenoxy) is 1. The van der Waals surface area contributed by atoms with E-state index >= 15 is 0 Å². The Balaban J connectivity index is 3.51. The third kappa shape index (κ3) is 17.9. The number of carbonyl (C=O) groups is 1. The van der Waals surface area contributed by atoms with Crippen molar-refractivity contribution in [1.82, 2.24) is 0 Å². The molecule has 0 fully saturated rings. The zero-order valence-electron chi connectivity index (χ0n) is 18.0. The Hall–Kier alpha value is 0.130. The highest BCUT2D eigenvalue weighted by Gasteiger charge is 2.22. The van der Waals surface area contributed by atoms with E-state index in [1.807, 2.05) is 12.5 Å². The maximum Gasteiger partial charge on any atom is 0.306 e. The summed E-state index contributed by atoms with van der Waals surface area (Å²) in [6, 6.07) is 0. The first-order valence-corrected chi connectivity index (χ1v) is 13.8. The summed E-state index contributed by atoms with van der Waals surface area (Å²) < 4.78 is 5.49. The van der Waals surface area contributed by atoms with E-state index in [0.29, 0.717) is 17.9 Å². The fourth-order valence-electron chi connectivity index (χ4n) is 3.18. The van der Waals surface area contributed by atoms with E-state index in [-0.39, 0.29) is 12.1 Å². The second-order valence-corrected chi connectivity index (χ2v) is 9.32. The molecule has 0 spiro atoms. The van der Waals surface area contributed by atoms with Gasteiger partial charge in [0.2, 0.25) is 0 Å². The van der Waals surface area contributed by atoms with Crippen LogP contribution in [-0.4, -0.2) is 47.3 Å². The molecule has 162 valence electrons. The van der Waals surface area contributed by atoms with Gasteiger partial charge in [0, 0.05) is 17.9 Å². The summed E-state index contributed by atoms with van der Waals surface area (Å²) in [6.45, 7) is 2.27. The van der Waals surface area contributed by atoms with Gasteiger partial charge in [0.05, 0.1) is 0 Å². The van der Waals surface area contributed by atoms with Crippen molar-refractivity contribution in [3.8, 4) is 0 Å². The predicted molar refractivity (Wildman–Crippen MR) is 123 cm³/mol.